The zero-order valence-electron chi connectivity index (χ0n) is 15.3. The first-order valence-corrected chi connectivity index (χ1v) is 9.18. The van der Waals surface area contributed by atoms with Gasteiger partial charge in [-0.05, 0) is 31.5 Å². The third kappa shape index (κ3) is 5.00. The average molecular weight is 396 g/mol. The zero-order valence-corrected chi connectivity index (χ0v) is 15.3. The van der Waals surface area contributed by atoms with Crippen molar-refractivity contribution in [2.75, 3.05) is 25.4 Å². The minimum atomic E-state index is -4.71. The first-order valence-electron chi connectivity index (χ1n) is 9.18. The highest BCUT2D eigenvalue weighted by molar-refractivity contribution is 5.76. The zero-order chi connectivity index (χ0) is 20.1. The Morgan fingerprint density at radius 1 is 1.18 bits per heavy atom. The molecule has 2 aromatic rings. The number of nitrogens with two attached hydrogens (primary N) is 1. The number of anilines is 1. The number of likely N-dealkylation sites (tertiary alicyclic amines) is 1. The Kier molecular flexibility index (Phi) is 6.18. The highest BCUT2D eigenvalue weighted by Gasteiger charge is 2.37. The van der Waals surface area contributed by atoms with Crippen LogP contribution in [-0.4, -0.2) is 45.2 Å². The SMILES string of the molecule is Nc1nc(C(F)(F)F)nn1CC(=O)NC[C@@H](c1ccccc1)N1CCCCC1. The topological polar surface area (TPSA) is 89.1 Å². The van der Waals surface area contributed by atoms with Crippen molar-refractivity contribution < 1.29 is 18.0 Å². The van der Waals surface area contributed by atoms with E-state index >= 15 is 0 Å². The third-order valence-corrected chi connectivity index (χ3v) is 4.76. The minimum Gasteiger partial charge on any atom is -0.368 e. The molecule has 0 spiro atoms. The first kappa shape index (κ1) is 20.1. The number of hydrogen-bond acceptors (Lipinski definition) is 5. The number of halogens is 3. The van der Waals surface area contributed by atoms with E-state index in [0.29, 0.717) is 6.54 Å². The molecule has 1 aliphatic rings. The summed E-state index contributed by atoms with van der Waals surface area (Å²) in [6.45, 7) is 1.82. The second kappa shape index (κ2) is 8.59. The van der Waals surface area contributed by atoms with Gasteiger partial charge >= 0.3 is 6.18 Å². The Morgan fingerprint density at radius 3 is 2.46 bits per heavy atom. The summed E-state index contributed by atoms with van der Waals surface area (Å²) in [5, 5.41) is 6.08. The molecule has 2 heterocycles. The summed E-state index contributed by atoms with van der Waals surface area (Å²) in [5.74, 6) is -2.27. The summed E-state index contributed by atoms with van der Waals surface area (Å²) in [5.41, 5.74) is 6.54. The molecule has 1 atom stereocenters. The van der Waals surface area contributed by atoms with Crippen molar-refractivity contribution in [2.24, 2.45) is 0 Å². The van der Waals surface area contributed by atoms with E-state index in [9.17, 15) is 18.0 Å². The number of rotatable bonds is 6. The number of alkyl halides is 3. The molecular weight excluding hydrogens is 373 g/mol. The van der Waals surface area contributed by atoms with Crippen LogP contribution in [0.25, 0.3) is 0 Å². The van der Waals surface area contributed by atoms with Crippen molar-refractivity contribution in [3.8, 4) is 0 Å². The molecule has 1 saturated heterocycles. The van der Waals surface area contributed by atoms with Crippen molar-refractivity contribution in [1.82, 2.24) is 25.0 Å². The maximum absolute atomic E-state index is 12.7. The van der Waals surface area contributed by atoms with Crippen molar-refractivity contribution in [1.29, 1.82) is 0 Å². The van der Waals surface area contributed by atoms with Crippen LogP contribution in [0.4, 0.5) is 19.1 Å². The molecule has 1 fully saturated rings. The second-order valence-corrected chi connectivity index (χ2v) is 6.78. The van der Waals surface area contributed by atoms with E-state index in [1.54, 1.807) is 0 Å². The summed E-state index contributed by atoms with van der Waals surface area (Å²) in [6, 6.07) is 9.85. The van der Waals surface area contributed by atoms with Crippen LogP contribution in [-0.2, 0) is 17.5 Å². The normalized spacial score (nSPS) is 16.7. The van der Waals surface area contributed by atoms with Crippen molar-refractivity contribution in [2.45, 2.75) is 38.0 Å². The summed E-state index contributed by atoms with van der Waals surface area (Å²) >= 11 is 0. The molecule has 0 aliphatic carbocycles. The van der Waals surface area contributed by atoms with Gasteiger partial charge in [0.05, 0.1) is 6.04 Å². The van der Waals surface area contributed by atoms with Gasteiger partial charge < -0.3 is 11.1 Å². The van der Waals surface area contributed by atoms with Crippen LogP contribution in [0.2, 0.25) is 0 Å². The van der Waals surface area contributed by atoms with Crippen LogP contribution < -0.4 is 11.1 Å². The molecule has 0 unspecified atom stereocenters. The number of piperidine rings is 1. The quantitative estimate of drug-likeness (QED) is 0.782. The maximum Gasteiger partial charge on any atom is 0.453 e. The summed E-state index contributed by atoms with van der Waals surface area (Å²) < 4.78 is 38.8. The fraction of sp³-hybridized carbons (Fsp3) is 0.500. The molecule has 152 valence electrons. The largest absolute Gasteiger partial charge is 0.453 e. The van der Waals surface area contributed by atoms with Crippen LogP contribution in [0.5, 0.6) is 0 Å². The highest BCUT2D eigenvalue weighted by atomic mass is 19.4. The number of carbonyl (C=O) groups is 1. The molecule has 1 aromatic carbocycles. The number of nitrogens with one attached hydrogen (secondary N) is 1. The smallest absolute Gasteiger partial charge is 0.368 e. The second-order valence-electron chi connectivity index (χ2n) is 6.78. The van der Waals surface area contributed by atoms with Gasteiger partial charge in [0.2, 0.25) is 11.9 Å². The molecule has 28 heavy (non-hydrogen) atoms. The molecule has 7 nitrogen and oxygen atoms in total. The number of hydrogen-bond donors (Lipinski definition) is 2. The summed E-state index contributed by atoms with van der Waals surface area (Å²) in [4.78, 5) is 17.8. The average Bonchev–Trinajstić information content (AvgIpc) is 3.04. The summed E-state index contributed by atoms with van der Waals surface area (Å²) in [7, 11) is 0. The number of nitrogen functional groups attached to an aromatic ring is 1. The molecule has 3 rings (SSSR count). The first-order chi connectivity index (χ1) is 13.3. The van der Waals surface area contributed by atoms with E-state index in [4.69, 9.17) is 5.73 Å². The van der Waals surface area contributed by atoms with Gasteiger partial charge in [0.25, 0.3) is 5.82 Å². The molecule has 3 N–H and O–H groups in total. The molecule has 0 saturated carbocycles. The Hall–Kier alpha value is -2.62. The number of nitrogens with zero attached hydrogens (tertiary/aromatic N) is 4. The molecule has 1 aliphatic heterocycles. The Morgan fingerprint density at radius 2 is 1.86 bits per heavy atom. The van der Waals surface area contributed by atoms with Gasteiger partial charge in [0, 0.05) is 6.54 Å². The lowest BCUT2D eigenvalue weighted by Crippen LogP contribution is -2.41. The monoisotopic (exact) mass is 396 g/mol. The molecular formula is C18H23F3N6O. The van der Waals surface area contributed by atoms with E-state index < -0.39 is 30.4 Å². The van der Waals surface area contributed by atoms with Gasteiger partial charge in [-0.1, -0.05) is 36.8 Å². The lowest BCUT2D eigenvalue weighted by Gasteiger charge is -2.35. The Balaban J connectivity index is 1.64. The van der Waals surface area contributed by atoms with E-state index in [0.717, 1.165) is 36.2 Å². The predicted octanol–water partition coefficient (Wildman–Crippen LogP) is 2.22. The number of amides is 1. The molecule has 1 aromatic heterocycles. The van der Waals surface area contributed by atoms with E-state index in [2.05, 4.69) is 20.3 Å². The highest BCUT2D eigenvalue weighted by Crippen LogP contribution is 2.27. The predicted molar refractivity (Wildman–Crippen MR) is 97.1 cm³/mol. The Labute approximate surface area is 160 Å². The number of carbonyl (C=O) groups excluding carboxylic acids is 1. The van der Waals surface area contributed by atoms with Crippen molar-refractivity contribution >= 4 is 11.9 Å². The van der Waals surface area contributed by atoms with Gasteiger partial charge in [0.15, 0.2) is 0 Å². The summed E-state index contributed by atoms with van der Waals surface area (Å²) in [6.07, 6.45) is -1.31. The van der Waals surface area contributed by atoms with Crippen molar-refractivity contribution in [3.05, 3.63) is 41.7 Å². The third-order valence-electron chi connectivity index (χ3n) is 4.76. The van der Waals surface area contributed by atoms with Gasteiger partial charge in [-0.25, -0.2) is 4.68 Å². The molecule has 0 radical (unpaired) electrons. The van der Waals surface area contributed by atoms with Gasteiger partial charge in [-0.15, -0.1) is 5.10 Å². The number of aromatic nitrogens is 3. The minimum absolute atomic E-state index is 0.00396. The van der Waals surface area contributed by atoms with Gasteiger partial charge in [-0.2, -0.15) is 18.2 Å². The standard InChI is InChI=1S/C18H23F3N6O/c19-18(20,21)16-24-17(22)27(25-16)12-15(28)23-11-14(13-7-3-1-4-8-13)26-9-5-2-6-10-26/h1,3-4,7-8,14H,2,5-6,9-12H2,(H,23,28)(H2,22,24,25)/t14-/m0/s1. The maximum atomic E-state index is 12.7. The fourth-order valence-electron chi connectivity index (χ4n) is 3.36. The van der Waals surface area contributed by atoms with Crippen LogP contribution in [0, 0.1) is 0 Å². The van der Waals surface area contributed by atoms with Crippen LogP contribution in [0.1, 0.15) is 36.7 Å². The van der Waals surface area contributed by atoms with E-state index in [-0.39, 0.29) is 6.04 Å². The van der Waals surface area contributed by atoms with E-state index in [1.165, 1.54) is 6.42 Å². The van der Waals surface area contributed by atoms with Crippen molar-refractivity contribution in [3.63, 3.8) is 0 Å². The molecule has 0 bridgehead atoms. The Bertz CT molecular complexity index is 786. The van der Waals surface area contributed by atoms with Crippen LogP contribution in [0.15, 0.2) is 30.3 Å². The van der Waals surface area contributed by atoms with E-state index in [1.807, 2.05) is 30.3 Å². The number of benzene rings is 1. The van der Waals surface area contributed by atoms with Crippen LogP contribution >= 0.6 is 0 Å². The molecule has 10 heteroatoms. The lowest BCUT2D eigenvalue weighted by molar-refractivity contribution is -0.145. The molecule has 1 amide bonds. The van der Waals surface area contributed by atoms with Gasteiger partial charge in [-0.3, -0.25) is 9.69 Å². The lowest BCUT2D eigenvalue weighted by atomic mass is 10.0. The van der Waals surface area contributed by atoms with Gasteiger partial charge in [0.1, 0.15) is 6.54 Å². The fourth-order valence-corrected chi connectivity index (χ4v) is 3.36. The van der Waals surface area contributed by atoms with Crippen LogP contribution in [0.3, 0.4) is 0 Å².